The molecule has 0 fully saturated rings. The Morgan fingerprint density at radius 2 is 1.78 bits per heavy atom. The van der Waals surface area contributed by atoms with E-state index < -0.39 is 0 Å². The van der Waals surface area contributed by atoms with Gasteiger partial charge in [-0.25, -0.2) is 0 Å². The number of nitrogens with zero attached hydrogens (tertiary/aromatic N) is 1. The lowest BCUT2D eigenvalue weighted by atomic mass is 10.4. The Hall–Kier alpha value is -1.48. The molecule has 1 aromatic carbocycles. The minimum atomic E-state index is 0.172. The average molecular weight is 261 g/mol. The molecule has 96 valence electrons. The fraction of sp³-hybridized carbons (Fsp3) is 0.267. The molecule has 18 heavy (non-hydrogen) atoms. The molecular weight excluding hydrogens is 242 g/mol. The van der Waals surface area contributed by atoms with E-state index in [9.17, 15) is 4.79 Å². The number of carbonyl (C=O) groups excluding carboxylic acids is 1. The maximum absolute atomic E-state index is 11.1. The van der Waals surface area contributed by atoms with Gasteiger partial charge in [-0.15, -0.1) is 0 Å². The standard InChI is InChI=1S/C13H13NOS.C2H6/c1-11(15)10-14-9-5-8-13(14)16-12-6-3-2-4-7-12;1-2/h2-9H,10H2,1H3;1-2H3. The second-order valence-corrected chi connectivity index (χ2v) is 4.69. The summed E-state index contributed by atoms with van der Waals surface area (Å²) in [5, 5.41) is 1.10. The molecule has 0 unspecified atom stereocenters. The van der Waals surface area contributed by atoms with Gasteiger partial charge in [-0.1, -0.05) is 43.8 Å². The predicted molar refractivity (Wildman–Crippen MR) is 77.0 cm³/mol. The number of aromatic nitrogens is 1. The first-order chi connectivity index (χ1) is 8.75. The highest BCUT2D eigenvalue weighted by atomic mass is 32.2. The molecule has 0 aliphatic carbocycles. The quantitative estimate of drug-likeness (QED) is 0.820. The number of benzene rings is 1. The minimum absolute atomic E-state index is 0.172. The zero-order chi connectivity index (χ0) is 13.4. The van der Waals surface area contributed by atoms with Crippen LogP contribution in [-0.2, 0) is 11.3 Å². The molecule has 0 saturated heterocycles. The summed E-state index contributed by atoms with van der Waals surface area (Å²) < 4.78 is 1.97. The Kier molecular flexibility index (Phi) is 6.29. The monoisotopic (exact) mass is 261 g/mol. The Balaban J connectivity index is 0.000000771. The van der Waals surface area contributed by atoms with Gasteiger partial charge in [0.15, 0.2) is 0 Å². The lowest BCUT2D eigenvalue weighted by molar-refractivity contribution is -0.117. The Morgan fingerprint density at radius 1 is 1.11 bits per heavy atom. The van der Waals surface area contributed by atoms with Crippen LogP contribution in [0.25, 0.3) is 0 Å². The van der Waals surface area contributed by atoms with Crippen LogP contribution in [0.5, 0.6) is 0 Å². The molecule has 0 bridgehead atoms. The first-order valence-electron chi connectivity index (χ1n) is 6.13. The van der Waals surface area contributed by atoms with Crippen molar-refractivity contribution in [1.29, 1.82) is 0 Å². The number of hydrogen-bond donors (Lipinski definition) is 0. The zero-order valence-corrected chi connectivity index (χ0v) is 11.9. The summed E-state index contributed by atoms with van der Waals surface area (Å²) in [4.78, 5) is 12.3. The van der Waals surface area contributed by atoms with Crippen LogP contribution in [0.15, 0.2) is 58.6 Å². The summed E-state index contributed by atoms with van der Waals surface area (Å²) in [6.07, 6.45) is 1.94. The smallest absolute Gasteiger partial charge is 0.149 e. The number of rotatable bonds is 4. The van der Waals surface area contributed by atoms with E-state index in [1.54, 1.807) is 18.7 Å². The third kappa shape index (κ3) is 4.41. The Morgan fingerprint density at radius 3 is 2.39 bits per heavy atom. The summed E-state index contributed by atoms with van der Waals surface area (Å²) >= 11 is 1.67. The fourth-order valence-electron chi connectivity index (χ4n) is 1.47. The highest BCUT2D eigenvalue weighted by molar-refractivity contribution is 7.99. The molecule has 2 aromatic rings. The van der Waals surface area contributed by atoms with E-state index in [-0.39, 0.29) is 5.78 Å². The summed E-state index contributed by atoms with van der Waals surface area (Å²) in [5.41, 5.74) is 0. The topological polar surface area (TPSA) is 22.0 Å². The van der Waals surface area contributed by atoms with Crippen LogP contribution in [0.4, 0.5) is 0 Å². The second kappa shape index (κ2) is 7.77. The molecular formula is C15H19NOS. The van der Waals surface area contributed by atoms with Crippen LogP contribution < -0.4 is 0 Å². The van der Waals surface area contributed by atoms with Gasteiger partial charge in [-0.2, -0.15) is 0 Å². The fourth-order valence-corrected chi connectivity index (χ4v) is 2.39. The molecule has 0 aliphatic rings. The van der Waals surface area contributed by atoms with Gasteiger partial charge in [0, 0.05) is 11.1 Å². The minimum Gasteiger partial charge on any atom is -0.335 e. The van der Waals surface area contributed by atoms with Gasteiger partial charge in [0.2, 0.25) is 0 Å². The molecule has 1 heterocycles. The number of carbonyl (C=O) groups is 1. The highest BCUT2D eigenvalue weighted by Gasteiger charge is 2.04. The predicted octanol–water partition coefficient (Wildman–Crippen LogP) is 4.25. The SMILES string of the molecule is CC.CC(=O)Cn1cccc1Sc1ccccc1. The van der Waals surface area contributed by atoms with Crippen molar-refractivity contribution in [3.05, 3.63) is 48.7 Å². The van der Waals surface area contributed by atoms with Crippen LogP contribution in [0.3, 0.4) is 0 Å². The van der Waals surface area contributed by atoms with Gasteiger partial charge < -0.3 is 4.57 Å². The first kappa shape index (κ1) is 14.6. The van der Waals surface area contributed by atoms with E-state index in [1.807, 2.05) is 54.9 Å². The van der Waals surface area contributed by atoms with Crippen molar-refractivity contribution in [2.24, 2.45) is 0 Å². The van der Waals surface area contributed by atoms with Crippen LogP contribution >= 0.6 is 11.8 Å². The summed E-state index contributed by atoms with van der Waals surface area (Å²) in [7, 11) is 0. The molecule has 3 heteroatoms. The van der Waals surface area contributed by atoms with Crippen LogP contribution in [0.2, 0.25) is 0 Å². The summed E-state index contributed by atoms with van der Waals surface area (Å²) in [5.74, 6) is 0.172. The van der Waals surface area contributed by atoms with Gasteiger partial charge in [-0.05, 0) is 31.2 Å². The molecule has 0 amide bonds. The lowest BCUT2D eigenvalue weighted by Crippen LogP contribution is -2.05. The molecule has 0 N–H and O–H groups in total. The van der Waals surface area contributed by atoms with Gasteiger partial charge in [0.05, 0.1) is 11.6 Å². The summed E-state index contributed by atoms with van der Waals surface area (Å²) in [6, 6.07) is 14.2. The van der Waals surface area contributed by atoms with Crippen molar-refractivity contribution in [2.75, 3.05) is 0 Å². The average Bonchev–Trinajstić information content (AvgIpc) is 2.80. The van der Waals surface area contributed by atoms with Crippen molar-refractivity contribution in [3.8, 4) is 0 Å². The largest absolute Gasteiger partial charge is 0.335 e. The van der Waals surface area contributed by atoms with Crippen LogP contribution in [0, 0.1) is 0 Å². The van der Waals surface area contributed by atoms with E-state index in [0.717, 1.165) is 5.03 Å². The van der Waals surface area contributed by atoms with E-state index in [0.29, 0.717) is 6.54 Å². The van der Waals surface area contributed by atoms with Crippen molar-refractivity contribution in [2.45, 2.75) is 37.2 Å². The lowest BCUT2D eigenvalue weighted by Gasteiger charge is -2.06. The molecule has 0 aliphatic heterocycles. The maximum atomic E-state index is 11.1. The highest BCUT2D eigenvalue weighted by Crippen LogP contribution is 2.27. The summed E-state index contributed by atoms with van der Waals surface area (Å²) in [6.45, 7) is 6.05. The third-order valence-electron chi connectivity index (χ3n) is 2.15. The van der Waals surface area contributed by atoms with Crippen molar-refractivity contribution < 1.29 is 4.79 Å². The number of hydrogen-bond acceptors (Lipinski definition) is 2. The van der Waals surface area contributed by atoms with Crippen molar-refractivity contribution in [1.82, 2.24) is 4.57 Å². The zero-order valence-electron chi connectivity index (χ0n) is 11.1. The van der Waals surface area contributed by atoms with E-state index >= 15 is 0 Å². The number of ketones is 1. The van der Waals surface area contributed by atoms with Crippen LogP contribution in [0.1, 0.15) is 20.8 Å². The molecule has 0 atom stereocenters. The third-order valence-corrected chi connectivity index (χ3v) is 3.23. The van der Waals surface area contributed by atoms with Gasteiger partial charge in [0.1, 0.15) is 5.78 Å². The molecule has 2 rings (SSSR count). The first-order valence-corrected chi connectivity index (χ1v) is 6.95. The number of Topliss-reactive ketones (excluding diaryl/α,β-unsaturated/α-hetero) is 1. The second-order valence-electron chi connectivity index (χ2n) is 3.59. The van der Waals surface area contributed by atoms with Crippen molar-refractivity contribution in [3.63, 3.8) is 0 Å². The van der Waals surface area contributed by atoms with E-state index in [4.69, 9.17) is 0 Å². The van der Waals surface area contributed by atoms with Crippen LogP contribution in [-0.4, -0.2) is 10.4 Å². The maximum Gasteiger partial charge on any atom is 0.149 e. The molecule has 0 radical (unpaired) electrons. The van der Waals surface area contributed by atoms with Gasteiger partial charge in [-0.3, -0.25) is 4.79 Å². The van der Waals surface area contributed by atoms with Gasteiger partial charge >= 0.3 is 0 Å². The Labute approximate surface area is 113 Å². The van der Waals surface area contributed by atoms with E-state index in [1.165, 1.54) is 4.90 Å². The Bertz CT molecular complexity index is 476. The molecule has 1 aromatic heterocycles. The normalized spacial score (nSPS) is 9.50. The molecule has 0 saturated carbocycles. The van der Waals surface area contributed by atoms with Gasteiger partial charge in [0.25, 0.3) is 0 Å². The molecule has 2 nitrogen and oxygen atoms in total. The van der Waals surface area contributed by atoms with Crippen molar-refractivity contribution >= 4 is 17.5 Å². The molecule has 0 spiro atoms. The van der Waals surface area contributed by atoms with E-state index in [2.05, 4.69) is 12.1 Å².